The van der Waals surface area contributed by atoms with Crippen molar-refractivity contribution in [3.63, 3.8) is 0 Å². The van der Waals surface area contributed by atoms with Gasteiger partial charge in [-0.2, -0.15) is 0 Å². The maximum Gasteiger partial charge on any atom is 0.186 e. The van der Waals surface area contributed by atoms with Crippen LogP contribution in [0.3, 0.4) is 0 Å². The van der Waals surface area contributed by atoms with Gasteiger partial charge >= 0.3 is 0 Å². The van der Waals surface area contributed by atoms with Crippen LogP contribution >= 0.6 is 0 Å². The summed E-state index contributed by atoms with van der Waals surface area (Å²) >= 11 is 0. The second-order valence-corrected chi connectivity index (χ2v) is 5.97. The van der Waals surface area contributed by atoms with Crippen molar-refractivity contribution >= 4 is 5.84 Å². The first-order valence-electron chi connectivity index (χ1n) is 6.12. The maximum atomic E-state index is 8.82. The van der Waals surface area contributed by atoms with Crippen LogP contribution in [-0.2, 0) is 4.74 Å². The van der Waals surface area contributed by atoms with E-state index in [0.29, 0.717) is 0 Å². The van der Waals surface area contributed by atoms with Crippen molar-refractivity contribution in [2.45, 2.75) is 51.4 Å². The highest BCUT2D eigenvalue weighted by atomic mass is 16.5. The van der Waals surface area contributed by atoms with E-state index < -0.39 is 0 Å². The SMILES string of the molecule is CC1(C)CC(n2cccc2/C(N)=N/O)C(C)(C)O1. The molecule has 1 unspecified atom stereocenters. The van der Waals surface area contributed by atoms with Crippen LogP contribution < -0.4 is 5.73 Å². The molecule has 5 nitrogen and oxygen atoms in total. The third-order valence-corrected chi connectivity index (χ3v) is 3.51. The lowest BCUT2D eigenvalue weighted by atomic mass is 9.94. The lowest BCUT2D eigenvalue weighted by molar-refractivity contribution is -0.0729. The molecule has 1 aliphatic rings. The van der Waals surface area contributed by atoms with Gasteiger partial charge in [0.1, 0.15) is 0 Å². The van der Waals surface area contributed by atoms with Crippen LogP contribution in [0.2, 0.25) is 0 Å². The number of amidine groups is 1. The molecule has 2 rings (SSSR count). The third kappa shape index (κ3) is 2.10. The molecule has 2 heterocycles. The Morgan fingerprint density at radius 2 is 2.17 bits per heavy atom. The fourth-order valence-corrected chi connectivity index (χ4v) is 2.90. The largest absolute Gasteiger partial charge is 0.409 e. The van der Waals surface area contributed by atoms with Crippen LogP contribution in [0.25, 0.3) is 0 Å². The highest BCUT2D eigenvalue weighted by Crippen LogP contribution is 2.45. The number of aromatic nitrogens is 1. The second kappa shape index (κ2) is 4.02. The average Bonchev–Trinajstić information content (AvgIpc) is 2.78. The fraction of sp³-hybridized carbons (Fsp3) is 0.615. The van der Waals surface area contributed by atoms with Crippen LogP contribution in [0.15, 0.2) is 23.5 Å². The van der Waals surface area contributed by atoms with Crippen molar-refractivity contribution in [1.82, 2.24) is 4.57 Å². The molecule has 0 aromatic carbocycles. The molecule has 0 saturated carbocycles. The molecule has 0 bridgehead atoms. The van der Waals surface area contributed by atoms with E-state index in [-0.39, 0.29) is 23.1 Å². The van der Waals surface area contributed by atoms with Gasteiger partial charge in [-0.05, 0) is 46.2 Å². The summed E-state index contributed by atoms with van der Waals surface area (Å²) in [4.78, 5) is 0. The highest BCUT2D eigenvalue weighted by Gasteiger charge is 2.47. The van der Waals surface area contributed by atoms with Crippen molar-refractivity contribution in [3.05, 3.63) is 24.0 Å². The molecule has 5 heteroatoms. The Balaban J connectivity index is 2.41. The maximum absolute atomic E-state index is 8.82. The monoisotopic (exact) mass is 251 g/mol. The first-order valence-corrected chi connectivity index (χ1v) is 6.12. The molecule has 1 aromatic rings. The standard InChI is InChI=1S/C13H21N3O2/c1-12(2)8-10(13(3,4)18-12)16-7-5-6-9(16)11(14)15-17/h5-7,10,17H,8H2,1-4H3,(H2,14,15). The van der Waals surface area contributed by atoms with Crippen LogP contribution in [0.1, 0.15) is 45.9 Å². The van der Waals surface area contributed by atoms with Crippen molar-refractivity contribution in [2.24, 2.45) is 10.9 Å². The normalized spacial score (nSPS) is 26.4. The van der Waals surface area contributed by atoms with Crippen molar-refractivity contribution in [3.8, 4) is 0 Å². The van der Waals surface area contributed by atoms with E-state index in [4.69, 9.17) is 15.7 Å². The number of rotatable bonds is 2. The molecule has 0 radical (unpaired) electrons. The van der Waals surface area contributed by atoms with Crippen LogP contribution in [-0.4, -0.2) is 26.8 Å². The zero-order valence-corrected chi connectivity index (χ0v) is 11.3. The van der Waals surface area contributed by atoms with Crippen LogP contribution in [0, 0.1) is 0 Å². The van der Waals surface area contributed by atoms with Crippen LogP contribution in [0.4, 0.5) is 0 Å². The number of nitrogens with zero attached hydrogens (tertiary/aromatic N) is 2. The Kier molecular flexibility index (Phi) is 2.89. The summed E-state index contributed by atoms with van der Waals surface area (Å²) in [5.74, 6) is 0.125. The predicted molar refractivity (Wildman–Crippen MR) is 69.8 cm³/mol. The van der Waals surface area contributed by atoms with Gasteiger partial charge in [-0.25, -0.2) is 0 Å². The minimum absolute atomic E-state index is 0.125. The number of ether oxygens (including phenoxy) is 1. The molecule has 1 aromatic heterocycles. The molecule has 3 N–H and O–H groups in total. The Hall–Kier alpha value is -1.49. The van der Waals surface area contributed by atoms with E-state index in [1.807, 2.05) is 22.9 Å². The topological polar surface area (TPSA) is 72.8 Å². The number of oxime groups is 1. The van der Waals surface area contributed by atoms with Gasteiger partial charge in [0.05, 0.1) is 22.9 Å². The molecule has 100 valence electrons. The lowest BCUT2D eigenvalue weighted by Crippen LogP contribution is -2.32. The smallest absolute Gasteiger partial charge is 0.186 e. The number of hydrogen-bond acceptors (Lipinski definition) is 3. The van der Waals surface area contributed by atoms with E-state index in [1.54, 1.807) is 0 Å². The summed E-state index contributed by atoms with van der Waals surface area (Å²) in [7, 11) is 0. The summed E-state index contributed by atoms with van der Waals surface area (Å²) in [5.41, 5.74) is 5.97. The van der Waals surface area contributed by atoms with Gasteiger partial charge in [-0.15, -0.1) is 0 Å². The predicted octanol–water partition coefficient (Wildman–Crippen LogP) is 2.10. The van der Waals surface area contributed by atoms with Gasteiger partial charge in [0.2, 0.25) is 0 Å². The van der Waals surface area contributed by atoms with Gasteiger partial charge in [0.15, 0.2) is 5.84 Å². The quantitative estimate of drug-likeness (QED) is 0.366. The van der Waals surface area contributed by atoms with Crippen molar-refractivity contribution in [2.75, 3.05) is 0 Å². The van der Waals surface area contributed by atoms with E-state index in [9.17, 15) is 0 Å². The summed E-state index contributed by atoms with van der Waals surface area (Å²) < 4.78 is 8.11. The molecule has 1 aliphatic heterocycles. The van der Waals surface area contributed by atoms with E-state index in [2.05, 4.69) is 32.9 Å². The average molecular weight is 251 g/mol. The number of hydrogen-bond donors (Lipinski definition) is 2. The molecule has 0 aliphatic carbocycles. The summed E-state index contributed by atoms with van der Waals surface area (Å²) in [6, 6.07) is 3.91. The zero-order chi connectivity index (χ0) is 13.6. The number of nitrogens with two attached hydrogens (primary N) is 1. The van der Waals surface area contributed by atoms with Gasteiger partial charge in [-0.1, -0.05) is 5.16 Å². The lowest BCUT2D eigenvalue weighted by Gasteiger charge is -2.29. The molecule has 1 fully saturated rings. The zero-order valence-electron chi connectivity index (χ0n) is 11.3. The van der Waals surface area contributed by atoms with Crippen molar-refractivity contribution < 1.29 is 9.94 Å². The summed E-state index contributed by atoms with van der Waals surface area (Å²) in [5, 5.41) is 11.9. The first kappa shape index (κ1) is 13.0. The first-order chi connectivity index (χ1) is 8.27. The minimum atomic E-state index is -0.285. The molecule has 1 saturated heterocycles. The Bertz CT molecular complexity index is 474. The molecule has 18 heavy (non-hydrogen) atoms. The third-order valence-electron chi connectivity index (χ3n) is 3.51. The van der Waals surface area contributed by atoms with Gasteiger partial charge in [-0.3, -0.25) is 0 Å². The van der Waals surface area contributed by atoms with E-state index >= 15 is 0 Å². The molecular formula is C13H21N3O2. The molecule has 0 spiro atoms. The Morgan fingerprint density at radius 3 is 2.67 bits per heavy atom. The van der Waals surface area contributed by atoms with Crippen LogP contribution in [0.5, 0.6) is 0 Å². The summed E-state index contributed by atoms with van der Waals surface area (Å²) in [6.07, 6.45) is 2.84. The summed E-state index contributed by atoms with van der Waals surface area (Å²) in [6.45, 7) is 8.31. The van der Waals surface area contributed by atoms with Crippen molar-refractivity contribution in [1.29, 1.82) is 0 Å². The van der Waals surface area contributed by atoms with E-state index in [1.165, 1.54) is 0 Å². The van der Waals surface area contributed by atoms with Gasteiger partial charge in [0, 0.05) is 6.20 Å². The highest BCUT2D eigenvalue weighted by molar-refractivity contribution is 5.95. The molecule has 1 atom stereocenters. The van der Waals surface area contributed by atoms with E-state index in [0.717, 1.165) is 12.1 Å². The minimum Gasteiger partial charge on any atom is -0.409 e. The Morgan fingerprint density at radius 1 is 1.50 bits per heavy atom. The van der Waals surface area contributed by atoms with Gasteiger partial charge in [0.25, 0.3) is 0 Å². The Labute approximate surface area is 107 Å². The van der Waals surface area contributed by atoms with Gasteiger partial charge < -0.3 is 20.2 Å². The fourth-order valence-electron chi connectivity index (χ4n) is 2.90. The molecular weight excluding hydrogens is 230 g/mol. The molecule has 0 amide bonds. The second-order valence-electron chi connectivity index (χ2n) is 5.97.